The maximum Gasteiger partial charge on any atom is 0.143 e. The molecule has 0 amide bonds. The van der Waals surface area contributed by atoms with Gasteiger partial charge in [-0.2, -0.15) is 0 Å². The lowest BCUT2D eigenvalue weighted by atomic mass is 9.67. The fraction of sp³-hybridized carbons (Fsp3) is 0.0154. The molecule has 12 aromatic rings. The molecule has 1 aromatic heterocycles. The van der Waals surface area contributed by atoms with Crippen molar-refractivity contribution in [1.29, 1.82) is 0 Å². The molecule has 0 fully saturated rings. The second kappa shape index (κ2) is 15.8. The van der Waals surface area contributed by atoms with E-state index in [2.05, 4.69) is 260 Å². The van der Waals surface area contributed by atoms with Crippen molar-refractivity contribution in [3.63, 3.8) is 0 Å². The minimum atomic E-state index is -0.466. The first-order chi connectivity index (χ1) is 33.3. The Bertz CT molecular complexity index is 3750. The van der Waals surface area contributed by atoms with Gasteiger partial charge in [0.15, 0.2) is 0 Å². The zero-order valence-electron chi connectivity index (χ0n) is 36.7. The summed E-state index contributed by atoms with van der Waals surface area (Å²) < 4.78 is 6.66. The smallest absolute Gasteiger partial charge is 0.143 e. The molecule has 13 rings (SSSR count). The average Bonchev–Trinajstić information content (AvgIpc) is 3.94. The molecule has 314 valence electrons. The van der Waals surface area contributed by atoms with Crippen LogP contribution in [0, 0.1) is 0 Å². The topological polar surface area (TPSA) is 16.4 Å². The highest BCUT2D eigenvalue weighted by Gasteiger charge is 2.46. The molecule has 0 bridgehead atoms. The maximum absolute atomic E-state index is 6.66. The summed E-state index contributed by atoms with van der Waals surface area (Å²) in [6.07, 6.45) is 0. The van der Waals surface area contributed by atoms with Crippen LogP contribution in [0.2, 0.25) is 0 Å². The molecule has 1 aliphatic carbocycles. The molecule has 2 nitrogen and oxygen atoms in total. The lowest BCUT2D eigenvalue weighted by molar-refractivity contribution is 0.670. The van der Waals surface area contributed by atoms with Gasteiger partial charge in [0.25, 0.3) is 0 Å². The Morgan fingerprint density at radius 2 is 0.806 bits per heavy atom. The molecular weight excluding hydrogens is 811 g/mol. The fourth-order valence-corrected chi connectivity index (χ4v) is 11.1. The number of anilines is 3. The zero-order chi connectivity index (χ0) is 44.3. The molecule has 1 aliphatic rings. The van der Waals surface area contributed by atoms with Crippen LogP contribution in [0.4, 0.5) is 17.1 Å². The second-order valence-corrected chi connectivity index (χ2v) is 17.5. The van der Waals surface area contributed by atoms with Gasteiger partial charge in [-0.3, -0.25) is 0 Å². The lowest BCUT2D eigenvalue weighted by Crippen LogP contribution is -2.28. The molecule has 0 aliphatic heterocycles. The number of hydrogen-bond donors (Lipinski definition) is 0. The lowest BCUT2D eigenvalue weighted by Gasteiger charge is -2.34. The van der Waals surface area contributed by atoms with E-state index in [0.717, 1.165) is 50.1 Å². The number of furan rings is 1. The van der Waals surface area contributed by atoms with Crippen LogP contribution >= 0.6 is 0 Å². The number of benzene rings is 11. The summed E-state index contributed by atoms with van der Waals surface area (Å²) in [6, 6.07) is 94.9. The van der Waals surface area contributed by atoms with Crippen LogP contribution in [-0.2, 0) is 5.41 Å². The minimum Gasteiger partial charge on any atom is -0.455 e. The number of nitrogens with zero attached hydrogens (tertiary/aromatic N) is 1. The van der Waals surface area contributed by atoms with Gasteiger partial charge in [0.05, 0.1) is 11.1 Å². The van der Waals surface area contributed by atoms with Gasteiger partial charge in [-0.25, -0.2) is 0 Å². The van der Waals surface area contributed by atoms with Crippen molar-refractivity contribution < 1.29 is 4.42 Å². The van der Waals surface area contributed by atoms with E-state index >= 15 is 0 Å². The first-order valence-corrected chi connectivity index (χ1v) is 23.1. The molecule has 0 unspecified atom stereocenters. The van der Waals surface area contributed by atoms with Crippen molar-refractivity contribution in [1.82, 2.24) is 0 Å². The Morgan fingerprint density at radius 1 is 0.313 bits per heavy atom. The highest BCUT2D eigenvalue weighted by atomic mass is 16.3. The Labute approximate surface area is 390 Å². The number of para-hydroxylation sites is 3. The molecule has 67 heavy (non-hydrogen) atoms. The fourth-order valence-electron chi connectivity index (χ4n) is 11.1. The van der Waals surface area contributed by atoms with Crippen LogP contribution in [0.15, 0.2) is 265 Å². The van der Waals surface area contributed by atoms with Crippen molar-refractivity contribution in [2.24, 2.45) is 0 Å². The molecule has 11 aromatic carbocycles. The minimum absolute atomic E-state index is 0.466. The molecule has 2 heteroatoms. The third-order valence-corrected chi connectivity index (χ3v) is 14.0. The van der Waals surface area contributed by atoms with Crippen molar-refractivity contribution in [3.8, 4) is 44.5 Å². The molecule has 0 N–H and O–H groups in total. The van der Waals surface area contributed by atoms with Crippen molar-refractivity contribution in [2.75, 3.05) is 4.90 Å². The summed E-state index contributed by atoms with van der Waals surface area (Å²) in [6.45, 7) is 0. The van der Waals surface area contributed by atoms with Crippen molar-refractivity contribution >= 4 is 49.8 Å². The average molecular weight is 854 g/mol. The van der Waals surface area contributed by atoms with E-state index < -0.39 is 5.41 Å². The van der Waals surface area contributed by atoms with Gasteiger partial charge in [0, 0.05) is 33.3 Å². The second-order valence-electron chi connectivity index (χ2n) is 17.5. The Balaban J connectivity index is 0.980. The quantitative estimate of drug-likeness (QED) is 0.151. The molecule has 0 saturated heterocycles. The van der Waals surface area contributed by atoms with Gasteiger partial charge in [-0.1, -0.05) is 224 Å². The summed E-state index contributed by atoms with van der Waals surface area (Å²) >= 11 is 0. The molecular formula is C65H43NO. The van der Waals surface area contributed by atoms with E-state index in [9.17, 15) is 0 Å². The van der Waals surface area contributed by atoms with Gasteiger partial charge in [0.2, 0.25) is 0 Å². The van der Waals surface area contributed by atoms with Crippen LogP contribution in [0.5, 0.6) is 0 Å². The summed E-state index contributed by atoms with van der Waals surface area (Å²) in [4.78, 5) is 2.40. The van der Waals surface area contributed by atoms with E-state index in [0.29, 0.717) is 0 Å². The van der Waals surface area contributed by atoms with Gasteiger partial charge in [-0.05, 0) is 103 Å². The largest absolute Gasteiger partial charge is 0.455 e. The van der Waals surface area contributed by atoms with Gasteiger partial charge in [0.1, 0.15) is 11.2 Å². The normalized spacial score (nSPS) is 12.6. The van der Waals surface area contributed by atoms with Gasteiger partial charge >= 0.3 is 0 Å². The standard InChI is InChI=1S/C65H43NO/c1-3-20-47(21-4-1)65(48-22-5-2-6-23-48)59-32-12-9-27-58(59)63-53(29-17-33-60(63)65)46-38-42-50(43-39-46)66(49-40-36-45(37-41-49)52-28-15-19-44-18-7-8-24-51(44)52)61-34-13-10-25-54(61)56-30-16-31-57-55-26-11-14-35-62(55)67-64(56)57/h1-43H. The van der Waals surface area contributed by atoms with Crippen molar-refractivity contribution in [2.45, 2.75) is 5.41 Å². The number of rotatable bonds is 8. The van der Waals surface area contributed by atoms with E-state index in [1.165, 1.54) is 66.4 Å². The summed E-state index contributed by atoms with van der Waals surface area (Å²) in [5.74, 6) is 0. The van der Waals surface area contributed by atoms with E-state index in [4.69, 9.17) is 4.42 Å². The Hall–Kier alpha value is -8.72. The van der Waals surface area contributed by atoms with Crippen LogP contribution in [0.1, 0.15) is 22.3 Å². The predicted octanol–water partition coefficient (Wildman–Crippen LogP) is 17.6. The molecule has 0 radical (unpaired) electrons. The predicted molar refractivity (Wildman–Crippen MR) is 280 cm³/mol. The highest BCUT2D eigenvalue weighted by molar-refractivity contribution is 6.11. The van der Waals surface area contributed by atoms with E-state index in [-0.39, 0.29) is 0 Å². The molecule has 0 atom stereocenters. The third kappa shape index (κ3) is 6.11. The first-order valence-electron chi connectivity index (χ1n) is 23.1. The van der Waals surface area contributed by atoms with Crippen LogP contribution in [0.25, 0.3) is 77.2 Å². The Morgan fingerprint density at radius 3 is 1.55 bits per heavy atom. The summed E-state index contributed by atoms with van der Waals surface area (Å²) in [5, 5.41) is 4.71. The zero-order valence-corrected chi connectivity index (χ0v) is 36.7. The summed E-state index contributed by atoms with van der Waals surface area (Å²) in [5.41, 5.74) is 19.1. The molecule has 1 heterocycles. The summed E-state index contributed by atoms with van der Waals surface area (Å²) in [7, 11) is 0. The van der Waals surface area contributed by atoms with Gasteiger partial charge in [-0.15, -0.1) is 0 Å². The van der Waals surface area contributed by atoms with Crippen LogP contribution in [0.3, 0.4) is 0 Å². The number of hydrogen-bond acceptors (Lipinski definition) is 2. The Kier molecular flexibility index (Phi) is 9.11. The molecule has 0 saturated carbocycles. The van der Waals surface area contributed by atoms with E-state index in [1.807, 2.05) is 6.07 Å². The monoisotopic (exact) mass is 853 g/mol. The third-order valence-electron chi connectivity index (χ3n) is 14.0. The van der Waals surface area contributed by atoms with Crippen LogP contribution in [-0.4, -0.2) is 0 Å². The number of fused-ring (bicyclic) bond motifs is 7. The SMILES string of the molecule is c1ccc(C2(c3ccccc3)c3ccccc3-c3c(-c4ccc(N(c5ccc(-c6cccc7ccccc67)cc5)c5ccccc5-c5cccc6c5oc5ccccc56)cc4)cccc32)cc1. The van der Waals surface area contributed by atoms with E-state index in [1.54, 1.807) is 0 Å². The van der Waals surface area contributed by atoms with Crippen LogP contribution < -0.4 is 4.90 Å². The molecule has 0 spiro atoms. The first kappa shape index (κ1) is 38.7. The maximum atomic E-state index is 6.66. The van der Waals surface area contributed by atoms with Crippen molar-refractivity contribution in [3.05, 3.63) is 283 Å². The van der Waals surface area contributed by atoms with Gasteiger partial charge < -0.3 is 9.32 Å². The highest BCUT2D eigenvalue weighted by Crippen LogP contribution is 2.58.